The first-order chi connectivity index (χ1) is 12.3. The number of benzene rings is 1. The maximum atomic E-state index is 12.5. The third-order valence-corrected chi connectivity index (χ3v) is 4.41. The number of aldehydes is 1. The van der Waals surface area contributed by atoms with Crippen molar-refractivity contribution in [2.75, 3.05) is 13.2 Å². The molecule has 1 N–H and O–H groups in total. The van der Waals surface area contributed by atoms with Gasteiger partial charge in [-0.05, 0) is 36.8 Å². The summed E-state index contributed by atoms with van der Waals surface area (Å²) in [6.07, 6.45) is 7.11. The second kappa shape index (κ2) is 8.58. The lowest BCUT2D eigenvalue weighted by molar-refractivity contribution is -0.109. The van der Waals surface area contributed by atoms with Gasteiger partial charge in [0.25, 0.3) is 5.91 Å². The number of nitrogens with zero attached hydrogens (tertiary/aromatic N) is 2. The summed E-state index contributed by atoms with van der Waals surface area (Å²) in [6.45, 7) is 2.02. The summed E-state index contributed by atoms with van der Waals surface area (Å²) in [4.78, 5) is 28.1. The smallest absolute Gasteiger partial charge is 0.270 e. The van der Waals surface area contributed by atoms with E-state index in [0.29, 0.717) is 31.9 Å². The molecular weight excluding hydrogens is 318 g/mol. The zero-order valence-electron chi connectivity index (χ0n) is 14.2. The molecule has 0 aliphatic carbocycles. The summed E-state index contributed by atoms with van der Waals surface area (Å²) >= 11 is 0. The fourth-order valence-electron chi connectivity index (χ4n) is 3.10. The number of hydrogen-bond acceptors (Lipinski definition) is 4. The molecule has 6 heteroatoms. The summed E-state index contributed by atoms with van der Waals surface area (Å²) in [5.41, 5.74) is 2.75. The van der Waals surface area contributed by atoms with Crippen molar-refractivity contribution in [1.82, 2.24) is 14.9 Å². The van der Waals surface area contributed by atoms with Crippen LogP contribution in [0.1, 0.15) is 34.5 Å². The van der Waals surface area contributed by atoms with E-state index in [4.69, 9.17) is 4.74 Å². The van der Waals surface area contributed by atoms with Gasteiger partial charge in [0.1, 0.15) is 12.0 Å². The SMILES string of the molecule is O=CC1Cc2ccccc2CCCOCCCn2cncc2C(=O)N1. The van der Waals surface area contributed by atoms with E-state index in [0.717, 1.165) is 31.1 Å². The van der Waals surface area contributed by atoms with Crippen molar-refractivity contribution < 1.29 is 14.3 Å². The molecule has 132 valence electrons. The molecule has 3 rings (SSSR count). The number of amides is 1. The van der Waals surface area contributed by atoms with E-state index >= 15 is 0 Å². The van der Waals surface area contributed by atoms with E-state index in [1.54, 1.807) is 10.9 Å². The lowest BCUT2D eigenvalue weighted by Crippen LogP contribution is -2.38. The van der Waals surface area contributed by atoms with Gasteiger partial charge in [0.2, 0.25) is 0 Å². The molecule has 1 aromatic carbocycles. The van der Waals surface area contributed by atoms with E-state index in [1.807, 2.05) is 18.2 Å². The van der Waals surface area contributed by atoms with Crippen molar-refractivity contribution in [3.05, 3.63) is 53.6 Å². The minimum Gasteiger partial charge on any atom is -0.381 e. The van der Waals surface area contributed by atoms with Crippen LogP contribution in [0.4, 0.5) is 0 Å². The zero-order valence-corrected chi connectivity index (χ0v) is 14.2. The van der Waals surface area contributed by atoms with Crippen molar-refractivity contribution in [2.45, 2.75) is 38.3 Å². The monoisotopic (exact) mass is 341 g/mol. The summed E-state index contributed by atoms with van der Waals surface area (Å²) < 4.78 is 7.49. The first-order valence-electron chi connectivity index (χ1n) is 8.68. The van der Waals surface area contributed by atoms with Gasteiger partial charge < -0.3 is 19.4 Å². The molecule has 0 spiro atoms. The third kappa shape index (κ3) is 4.54. The quantitative estimate of drug-likeness (QED) is 0.803. The Kier molecular flexibility index (Phi) is 5.95. The Morgan fingerprint density at radius 1 is 1.20 bits per heavy atom. The van der Waals surface area contributed by atoms with Crippen molar-refractivity contribution in [3.8, 4) is 0 Å². The van der Waals surface area contributed by atoms with Crippen LogP contribution in [0.25, 0.3) is 0 Å². The fraction of sp³-hybridized carbons (Fsp3) is 0.421. The van der Waals surface area contributed by atoms with Crippen molar-refractivity contribution in [1.29, 1.82) is 0 Å². The lowest BCUT2D eigenvalue weighted by Gasteiger charge is -2.16. The Hall–Kier alpha value is -2.47. The van der Waals surface area contributed by atoms with Crippen LogP contribution in [0.3, 0.4) is 0 Å². The Balaban J connectivity index is 1.83. The molecular formula is C19H23N3O3. The number of carbonyl (C=O) groups excluding carboxylic acids is 2. The summed E-state index contributed by atoms with van der Waals surface area (Å²) in [5.74, 6) is -0.275. The number of rotatable bonds is 1. The highest BCUT2D eigenvalue weighted by atomic mass is 16.5. The number of carbonyl (C=O) groups is 2. The molecule has 2 heterocycles. The number of hydrogen-bond donors (Lipinski definition) is 1. The maximum absolute atomic E-state index is 12.5. The van der Waals surface area contributed by atoms with Crippen LogP contribution in [0, 0.1) is 0 Å². The van der Waals surface area contributed by atoms with E-state index in [2.05, 4.69) is 16.4 Å². The Morgan fingerprint density at radius 2 is 2.00 bits per heavy atom. The molecule has 1 amide bonds. The van der Waals surface area contributed by atoms with Crippen LogP contribution >= 0.6 is 0 Å². The van der Waals surface area contributed by atoms with Crippen LogP contribution in [-0.4, -0.2) is 41.0 Å². The van der Waals surface area contributed by atoms with E-state index in [-0.39, 0.29) is 5.91 Å². The average molecular weight is 341 g/mol. The minimum absolute atomic E-state index is 0.275. The molecule has 0 fully saturated rings. The van der Waals surface area contributed by atoms with Gasteiger partial charge in [-0.3, -0.25) is 4.79 Å². The molecule has 1 unspecified atom stereocenters. The Labute approximate surface area is 147 Å². The Morgan fingerprint density at radius 3 is 2.84 bits per heavy atom. The number of aryl methyl sites for hydroxylation is 2. The summed E-state index contributed by atoms with van der Waals surface area (Å²) in [7, 11) is 0. The van der Waals surface area contributed by atoms with E-state index in [1.165, 1.54) is 11.8 Å². The molecule has 0 saturated heterocycles. The van der Waals surface area contributed by atoms with Gasteiger partial charge in [-0.15, -0.1) is 0 Å². The van der Waals surface area contributed by atoms with Crippen LogP contribution in [0.15, 0.2) is 36.8 Å². The number of fused-ring (bicyclic) bond motifs is 2. The molecule has 1 aliphatic rings. The lowest BCUT2D eigenvalue weighted by atomic mass is 9.97. The Bertz CT molecular complexity index is 726. The minimum atomic E-state index is -0.557. The maximum Gasteiger partial charge on any atom is 0.270 e. The zero-order chi connectivity index (χ0) is 17.5. The average Bonchev–Trinajstić information content (AvgIpc) is 3.09. The standard InChI is InChI=1S/C19H23N3O3/c23-13-17-11-16-6-2-1-5-15(16)7-3-9-25-10-4-8-22-14-20-12-18(22)19(24)21-17/h1-2,5-6,12-14,17H,3-4,7-11H2,(H,21,24). The molecule has 25 heavy (non-hydrogen) atoms. The molecule has 1 aromatic heterocycles. The van der Waals surface area contributed by atoms with Crippen LogP contribution in [-0.2, 0) is 28.9 Å². The number of imidazole rings is 1. The van der Waals surface area contributed by atoms with E-state index < -0.39 is 6.04 Å². The van der Waals surface area contributed by atoms with Gasteiger partial charge in [-0.1, -0.05) is 24.3 Å². The predicted octanol–water partition coefficient (Wildman–Crippen LogP) is 1.78. The fourth-order valence-corrected chi connectivity index (χ4v) is 3.10. The van der Waals surface area contributed by atoms with Crippen LogP contribution in [0.5, 0.6) is 0 Å². The number of nitrogens with one attached hydrogen (secondary N) is 1. The highest BCUT2D eigenvalue weighted by Crippen LogP contribution is 2.14. The molecule has 6 nitrogen and oxygen atoms in total. The largest absolute Gasteiger partial charge is 0.381 e. The van der Waals surface area contributed by atoms with Crippen molar-refractivity contribution in [3.63, 3.8) is 0 Å². The van der Waals surface area contributed by atoms with Gasteiger partial charge in [0, 0.05) is 19.8 Å². The van der Waals surface area contributed by atoms with Gasteiger partial charge >= 0.3 is 0 Å². The van der Waals surface area contributed by atoms with Gasteiger partial charge in [0.15, 0.2) is 0 Å². The normalized spacial score (nSPS) is 19.7. The summed E-state index contributed by atoms with van der Waals surface area (Å²) in [6, 6.07) is 7.50. The van der Waals surface area contributed by atoms with Gasteiger partial charge in [0.05, 0.1) is 18.6 Å². The van der Waals surface area contributed by atoms with Crippen molar-refractivity contribution >= 4 is 12.2 Å². The van der Waals surface area contributed by atoms with Gasteiger partial charge in [-0.25, -0.2) is 4.98 Å². The first-order valence-corrected chi connectivity index (χ1v) is 8.68. The third-order valence-electron chi connectivity index (χ3n) is 4.41. The molecule has 0 saturated carbocycles. The number of aromatic nitrogens is 2. The molecule has 0 bridgehead atoms. The second-order valence-electron chi connectivity index (χ2n) is 6.23. The first kappa shape index (κ1) is 17.4. The molecule has 1 atom stereocenters. The number of ether oxygens (including phenoxy) is 1. The van der Waals surface area contributed by atoms with Crippen LogP contribution < -0.4 is 5.32 Å². The highest BCUT2D eigenvalue weighted by molar-refractivity contribution is 5.94. The van der Waals surface area contributed by atoms with Crippen LogP contribution in [0.2, 0.25) is 0 Å². The molecule has 0 radical (unpaired) electrons. The second-order valence-corrected chi connectivity index (χ2v) is 6.23. The molecule has 1 aliphatic heterocycles. The van der Waals surface area contributed by atoms with Gasteiger partial charge in [-0.2, -0.15) is 0 Å². The van der Waals surface area contributed by atoms with E-state index in [9.17, 15) is 9.59 Å². The summed E-state index contributed by atoms with van der Waals surface area (Å²) in [5, 5.41) is 2.82. The van der Waals surface area contributed by atoms with Crippen molar-refractivity contribution in [2.24, 2.45) is 0 Å². The predicted molar refractivity (Wildman–Crippen MR) is 93.4 cm³/mol. The molecule has 2 aromatic rings. The topological polar surface area (TPSA) is 73.2 Å². The highest BCUT2D eigenvalue weighted by Gasteiger charge is 2.18.